The molecule has 4 rings (SSSR count). The molecule has 2 aliphatic heterocycles. The second-order valence-corrected chi connectivity index (χ2v) is 7.26. The van der Waals surface area contributed by atoms with Gasteiger partial charge in [-0.15, -0.1) is 0 Å². The predicted octanol–water partition coefficient (Wildman–Crippen LogP) is 2.35. The van der Waals surface area contributed by atoms with E-state index in [1.807, 2.05) is 6.07 Å². The van der Waals surface area contributed by atoms with Gasteiger partial charge in [-0.2, -0.15) is 0 Å². The smallest absolute Gasteiger partial charge is 0.165 e. The molecule has 0 amide bonds. The summed E-state index contributed by atoms with van der Waals surface area (Å²) in [4.78, 5) is 0. The zero-order chi connectivity index (χ0) is 14.8. The summed E-state index contributed by atoms with van der Waals surface area (Å²) in [5, 5.41) is 13.9. The molecule has 21 heavy (non-hydrogen) atoms. The molecule has 1 aliphatic carbocycles. The SMILES string of the molecule is COc1cc(Br)c2c3c1O[C@H]1C[C@@H](O)C(C)[C@@]31CCNC2. The molecule has 1 spiro atoms. The second kappa shape index (κ2) is 4.61. The highest BCUT2D eigenvalue weighted by Gasteiger charge is 2.61. The van der Waals surface area contributed by atoms with Gasteiger partial charge in [0, 0.05) is 28.4 Å². The fraction of sp³-hybridized carbons (Fsp3) is 0.625. The van der Waals surface area contributed by atoms with Gasteiger partial charge in [0.05, 0.1) is 13.2 Å². The van der Waals surface area contributed by atoms with E-state index in [2.05, 4.69) is 28.2 Å². The Kier molecular flexibility index (Phi) is 3.04. The van der Waals surface area contributed by atoms with Crippen molar-refractivity contribution in [2.45, 2.75) is 43.9 Å². The highest BCUT2D eigenvalue weighted by atomic mass is 79.9. The summed E-state index contributed by atoms with van der Waals surface area (Å²) in [5.74, 6) is 1.88. The van der Waals surface area contributed by atoms with Crippen LogP contribution in [0.1, 0.15) is 30.9 Å². The molecule has 0 bridgehead atoms. The first-order valence-electron chi connectivity index (χ1n) is 7.55. The molecule has 1 unspecified atom stereocenters. The van der Waals surface area contributed by atoms with Gasteiger partial charge in [-0.1, -0.05) is 22.9 Å². The number of halogens is 1. The maximum Gasteiger partial charge on any atom is 0.165 e. The third-order valence-corrected chi connectivity index (χ3v) is 6.39. The van der Waals surface area contributed by atoms with Gasteiger partial charge in [-0.3, -0.25) is 0 Å². The van der Waals surface area contributed by atoms with Gasteiger partial charge in [0.25, 0.3) is 0 Å². The van der Waals surface area contributed by atoms with Crippen LogP contribution in [0.3, 0.4) is 0 Å². The van der Waals surface area contributed by atoms with Gasteiger partial charge in [0.2, 0.25) is 0 Å². The van der Waals surface area contributed by atoms with E-state index in [1.54, 1.807) is 7.11 Å². The Morgan fingerprint density at radius 3 is 3.10 bits per heavy atom. The number of ether oxygens (including phenoxy) is 2. The Labute approximate surface area is 133 Å². The summed E-state index contributed by atoms with van der Waals surface area (Å²) in [6, 6.07) is 2.00. The molecule has 1 fully saturated rings. The molecular weight excluding hydrogens is 334 g/mol. The molecular formula is C16H20BrNO3. The van der Waals surface area contributed by atoms with Crippen LogP contribution in [0.15, 0.2) is 10.5 Å². The zero-order valence-electron chi connectivity index (χ0n) is 12.3. The number of benzene rings is 1. The lowest BCUT2D eigenvalue weighted by molar-refractivity contribution is 0.115. The van der Waals surface area contributed by atoms with E-state index < -0.39 is 0 Å². The third kappa shape index (κ3) is 1.63. The monoisotopic (exact) mass is 353 g/mol. The first-order valence-corrected chi connectivity index (χ1v) is 8.34. The van der Waals surface area contributed by atoms with Crippen molar-refractivity contribution in [1.82, 2.24) is 5.32 Å². The van der Waals surface area contributed by atoms with Crippen LogP contribution in [0.25, 0.3) is 0 Å². The van der Waals surface area contributed by atoms with E-state index >= 15 is 0 Å². The molecule has 1 saturated carbocycles. The van der Waals surface area contributed by atoms with Crippen LogP contribution in [-0.4, -0.2) is 31.0 Å². The number of methoxy groups -OCH3 is 1. The lowest BCUT2D eigenvalue weighted by Crippen LogP contribution is -2.39. The van der Waals surface area contributed by atoms with E-state index in [1.165, 1.54) is 11.1 Å². The van der Waals surface area contributed by atoms with Gasteiger partial charge < -0.3 is 19.9 Å². The van der Waals surface area contributed by atoms with Crippen LogP contribution in [0, 0.1) is 5.92 Å². The fourth-order valence-corrected chi connectivity index (χ4v) is 5.10. The molecule has 0 aromatic heterocycles. The molecule has 3 aliphatic rings. The molecule has 4 atom stereocenters. The van der Waals surface area contributed by atoms with E-state index in [4.69, 9.17) is 9.47 Å². The Morgan fingerprint density at radius 1 is 1.52 bits per heavy atom. The van der Waals surface area contributed by atoms with Gasteiger partial charge in [-0.05, 0) is 30.5 Å². The Bertz CT molecular complexity index is 606. The quantitative estimate of drug-likeness (QED) is 0.813. The Balaban J connectivity index is 2.02. The van der Waals surface area contributed by atoms with Crippen molar-refractivity contribution in [2.24, 2.45) is 5.92 Å². The molecule has 2 heterocycles. The fourth-order valence-electron chi connectivity index (χ4n) is 4.56. The maximum atomic E-state index is 10.4. The topological polar surface area (TPSA) is 50.7 Å². The molecule has 5 heteroatoms. The van der Waals surface area contributed by atoms with Gasteiger partial charge in [0.1, 0.15) is 6.10 Å². The largest absolute Gasteiger partial charge is 0.493 e. The van der Waals surface area contributed by atoms with Crippen molar-refractivity contribution >= 4 is 15.9 Å². The predicted molar refractivity (Wildman–Crippen MR) is 82.9 cm³/mol. The zero-order valence-corrected chi connectivity index (χ0v) is 13.9. The molecule has 0 radical (unpaired) electrons. The van der Waals surface area contributed by atoms with Crippen LogP contribution in [0.2, 0.25) is 0 Å². The van der Waals surface area contributed by atoms with Crippen LogP contribution in [0.5, 0.6) is 11.5 Å². The summed E-state index contributed by atoms with van der Waals surface area (Å²) in [7, 11) is 1.68. The normalized spacial score (nSPS) is 36.7. The number of nitrogens with one attached hydrogen (secondary N) is 1. The van der Waals surface area contributed by atoms with Gasteiger partial charge >= 0.3 is 0 Å². The first-order chi connectivity index (χ1) is 10.1. The standard InChI is InChI=1S/C16H20BrNO3/c1-8-11(19)6-13-16(8)3-4-18-7-9-10(17)5-12(20-2)15(21-13)14(9)16/h5,8,11,13,18-19H,3-4,6-7H2,1-2H3/t8?,11-,13+,16-/m1/s1. The number of hydrogen-bond donors (Lipinski definition) is 2. The number of aliphatic hydroxyl groups excluding tert-OH is 1. The van der Waals surface area contributed by atoms with Gasteiger partial charge in [0.15, 0.2) is 11.5 Å². The first kappa shape index (κ1) is 13.9. The van der Waals surface area contributed by atoms with Crippen molar-refractivity contribution in [3.8, 4) is 11.5 Å². The summed E-state index contributed by atoms with van der Waals surface area (Å²) < 4.78 is 12.9. The van der Waals surface area contributed by atoms with Crippen LogP contribution < -0.4 is 14.8 Å². The number of hydrogen-bond acceptors (Lipinski definition) is 4. The lowest BCUT2D eigenvalue weighted by Gasteiger charge is -2.33. The maximum absolute atomic E-state index is 10.4. The molecule has 1 aromatic carbocycles. The minimum absolute atomic E-state index is 0.0550. The average molecular weight is 354 g/mol. The van der Waals surface area contributed by atoms with E-state index in [9.17, 15) is 5.11 Å². The van der Waals surface area contributed by atoms with E-state index in [0.717, 1.165) is 35.5 Å². The van der Waals surface area contributed by atoms with E-state index in [-0.39, 0.29) is 23.5 Å². The van der Waals surface area contributed by atoms with Crippen LogP contribution in [0.4, 0.5) is 0 Å². The third-order valence-electron chi connectivity index (χ3n) is 5.68. The van der Waals surface area contributed by atoms with Crippen LogP contribution in [-0.2, 0) is 12.0 Å². The molecule has 2 N–H and O–H groups in total. The highest BCUT2D eigenvalue weighted by Crippen LogP contribution is 2.61. The van der Waals surface area contributed by atoms with E-state index in [0.29, 0.717) is 6.42 Å². The van der Waals surface area contributed by atoms with Crippen molar-refractivity contribution in [1.29, 1.82) is 0 Å². The minimum atomic E-state index is -0.293. The van der Waals surface area contributed by atoms with Crippen molar-refractivity contribution in [3.63, 3.8) is 0 Å². The Morgan fingerprint density at radius 2 is 2.33 bits per heavy atom. The van der Waals surface area contributed by atoms with Crippen molar-refractivity contribution in [2.75, 3.05) is 13.7 Å². The van der Waals surface area contributed by atoms with Crippen molar-refractivity contribution in [3.05, 3.63) is 21.7 Å². The highest BCUT2D eigenvalue weighted by molar-refractivity contribution is 9.10. The van der Waals surface area contributed by atoms with Gasteiger partial charge in [-0.25, -0.2) is 0 Å². The number of rotatable bonds is 1. The summed E-state index contributed by atoms with van der Waals surface area (Å²) in [6.07, 6.45) is 1.46. The molecule has 0 saturated heterocycles. The summed E-state index contributed by atoms with van der Waals surface area (Å²) in [5.41, 5.74) is 2.42. The lowest BCUT2D eigenvalue weighted by atomic mass is 9.69. The average Bonchev–Trinajstić information content (AvgIpc) is 2.79. The molecule has 4 nitrogen and oxygen atoms in total. The van der Waals surface area contributed by atoms with Crippen molar-refractivity contribution < 1.29 is 14.6 Å². The molecule has 114 valence electrons. The van der Waals surface area contributed by atoms with Crippen LogP contribution >= 0.6 is 15.9 Å². The summed E-state index contributed by atoms with van der Waals surface area (Å²) in [6.45, 7) is 3.93. The molecule has 1 aromatic rings. The second-order valence-electron chi connectivity index (χ2n) is 6.41. The Hall–Kier alpha value is -0.780. The number of aliphatic hydroxyl groups is 1. The summed E-state index contributed by atoms with van der Waals surface area (Å²) >= 11 is 3.69. The minimum Gasteiger partial charge on any atom is -0.493 e.